The molecule has 0 aliphatic rings. The van der Waals surface area contributed by atoms with E-state index in [0.717, 1.165) is 16.7 Å². The molecule has 0 saturated carbocycles. The molecule has 0 aliphatic heterocycles. The molecule has 0 amide bonds. The lowest BCUT2D eigenvalue weighted by Crippen LogP contribution is -2.31. The van der Waals surface area contributed by atoms with Gasteiger partial charge >= 0.3 is 0 Å². The van der Waals surface area contributed by atoms with E-state index in [-0.39, 0.29) is 4.90 Å². The maximum atomic E-state index is 13.0. The van der Waals surface area contributed by atoms with Crippen molar-refractivity contribution >= 4 is 10.0 Å². The lowest BCUT2D eigenvalue weighted by molar-refractivity contribution is 0.562. The molecule has 0 fully saturated rings. The number of hydrogen-bond acceptors (Lipinski definition) is 3. The maximum Gasteiger partial charge on any atom is 0.241 e. The van der Waals surface area contributed by atoms with E-state index < -0.39 is 16.1 Å². The number of imidazole rings is 1. The fourth-order valence-corrected chi connectivity index (χ4v) is 4.30. The van der Waals surface area contributed by atoms with Crippen molar-refractivity contribution in [2.75, 3.05) is 0 Å². The molecule has 1 aromatic heterocycles. The quantitative estimate of drug-likeness (QED) is 0.765. The molecule has 3 rings (SSSR count). The number of aryl methyl sites for hydroxylation is 3. The molecule has 6 heteroatoms. The summed E-state index contributed by atoms with van der Waals surface area (Å²) in [5, 5.41) is 0. The molecule has 0 unspecified atom stereocenters. The van der Waals surface area contributed by atoms with Gasteiger partial charge in [-0.3, -0.25) is 0 Å². The van der Waals surface area contributed by atoms with Crippen LogP contribution >= 0.6 is 0 Å². The van der Waals surface area contributed by atoms with Crippen molar-refractivity contribution in [1.29, 1.82) is 0 Å². The van der Waals surface area contributed by atoms with E-state index in [9.17, 15) is 8.42 Å². The second-order valence-electron chi connectivity index (χ2n) is 6.13. The van der Waals surface area contributed by atoms with Crippen LogP contribution in [0.2, 0.25) is 0 Å². The number of rotatable bonds is 5. The summed E-state index contributed by atoms with van der Waals surface area (Å²) in [5.41, 5.74) is 2.59. The number of sulfonamides is 1. The molecule has 2 aromatic carbocycles. The van der Waals surface area contributed by atoms with Crippen LogP contribution in [-0.4, -0.2) is 18.0 Å². The molecule has 1 heterocycles. The number of nitrogens with one attached hydrogen (secondary N) is 1. The predicted octanol–water partition coefficient (Wildman–Crippen LogP) is 3.10. The summed E-state index contributed by atoms with van der Waals surface area (Å²) in [6, 6.07) is 14.2. The van der Waals surface area contributed by atoms with Gasteiger partial charge in [-0.1, -0.05) is 48.0 Å². The molecule has 0 bridgehead atoms. The molecule has 3 aromatic rings. The Balaban J connectivity index is 2.05. The van der Waals surface area contributed by atoms with Crippen LogP contribution in [0.3, 0.4) is 0 Å². The Bertz CT molecular complexity index is 979. The van der Waals surface area contributed by atoms with E-state index in [1.165, 1.54) is 0 Å². The van der Waals surface area contributed by atoms with Gasteiger partial charge in [0.1, 0.15) is 11.9 Å². The van der Waals surface area contributed by atoms with Crippen molar-refractivity contribution in [3.05, 3.63) is 83.4 Å². The van der Waals surface area contributed by atoms with Crippen molar-refractivity contribution in [1.82, 2.24) is 14.3 Å². The number of nitrogens with zero attached hydrogens (tertiary/aromatic N) is 2. The highest BCUT2D eigenvalue weighted by molar-refractivity contribution is 7.89. The Labute approximate surface area is 148 Å². The number of aromatic nitrogens is 2. The Kier molecular flexibility index (Phi) is 4.74. The Hall–Kier alpha value is -2.44. The summed E-state index contributed by atoms with van der Waals surface area (Å²) in [5.74, 6) is 0.638. The molecule has 5 nitrogen and oxygen atoms in total. The first kappa shape index (κ1) is 17.4. The molecular weight excluding hydrogens is 334 g/mol. The van der Waals surface area contributed by atoms with Gasteiger partial charge in [0.2, 0.25) is 10.0 Å². The molecule has 0 saturated heterocycles. The average molecular weight is 355 g/mol. The van der Waals surface area contributed by atoms with Crippen molar-refractivity contribution in [2.45, 2.75) is 24.8 Å². The summed E-state index contributed by atoms with van der Waals surface area (Å²) >= 11 is 0. The zero-order valence-electron chi connectivity index (χ0n) is 14.5. The molecule has 0 spiro atoms. The second kappa shape index (κ2) is 6.82. The standard InChI is InChI=1S/C19H21N3O2S/c1-14-9-10-17(15(2)13-14)25(23,24)21-18(16-7-5-4-6-8-16)19-20-11-12-22(19)3/h4-13,18,21H,1-3H3/t18-/m0/s1. The summed E-state index contributed by atoms with van der Waals surface area (Å²) in [4.78, 5) is 4.63. The molecule has 25 heavy (non-hydrogen) atoms. The van der Waals surface area contributed by atoms with Gasteiger partial charge in [-0.15, -0.1) is 0 Å². The third kappa shape index (κ3) is 3.65. The van der Waals surface area contributed by atoms with E-state index in [0.29, 0.717) is 5.82 Å². The largest absolute Gasteiger partial charge is 0.336 e. The smallest absolute Gasteiger partial charge is 0.241 e. The van der Waals surface area contributed by atoms with Gasteiger partial charge in [0.05, 0.1) is 4.90 Å². The fraction of sp³-hybridized carbons (Fsp3) is 0.211. The SMILES string of the molecule is Cc1ccc(S(=O)(=O)N[C@@H](c2ccccc2)c2nccn2C)c(C)c1. The van der Waals surface area contributed by atoms with Gasteiger partial charge in [-0.05, 0) is 31.0 Å². The van der Waals surface area contributed by atoms with E-state index in [1.54, 1.807) is 31.5 Å². The molecular formula is C19H21N3O2S. The van der Waals surface area contributed by atoms with Crippen LogP contribution in [0.25, 0.3) is 0 Å². The summed E-state index contributed by atoms with van der Waals surface area (Å²) < 4.78 is 30.7. The summed E-state index contributed by atoms with van der Waals surface area (Å²) in [7, 11) is -1.85. The molecule has 0 aliphatic carbocycles. The van der Waals surface area contributed by atoms with Crippen LogP contribution < -0.4 is 4.72 Å². The zero-order valence-corrected chi connectivity index (χ0v) is 15.3. The van der Waals surface area contributed by atoms with Gasteiger partial charge in [0, 0.05) is 19.4 Å². The Morgan fingerprint density at radius 1 is 1.08 bits per heavy atom. The van der Waals surface area contributed by atoms with Crippen LogP contribution in [0.15, 0.2) is 65.8 Å². The highest BCUT2D eigenvalue weighted by atomic mass is 32.2. The summed E-state index contributed by atoms with van der Waals surface area (Å²) in [6.07, 6.45) is 3.47. The minimum atomic E-state index is -3.70. The van der Waals surface area contributed by atoms with Crippen molar-refractivity contribution in [3.8, 4) is 0 Å². The van der Waals surface area contributed by atoms with Gasteiger partial charge in [-0.25, -0.2) is 13.4 Å². The van der Waals surface area contributed by atoms with Gasteiger partial charge in [0.25, 0.3) is 0 Å². The highest BCUT2D eigenvalue weighted by Gasteiger charge is 2.26. The van der Waals surface area contributed by atoms with Crippen LogP contribution in [0, 0.1) is 13.8 Å². The van der Waals surface area contributed by atoms with Crippen molar-refractivity contribution < 1.29 is 8.42 Å². The van der Waals surface area contributed by atoms with Gasteiger partial charge in [-0.2, -0.15) is 4.72 Å². The highest BCUT2D eigenvalue weighted by Crippen LogP contribution is 2.24. The zero-order chi connectivity index (χ0) is 18.0. The predicted molar refractivity (Wildman–Crippen MR) is 97.7 cm³/mol. The van der Waals surface area contributed by atoms with Crippen LogP contribution in [0.4, 0.5) is 0 Å². The first-order chi connectivity index (χ1) is 11.9. The third-order valence-corrected chi connectivity index (χ3v) is 5.73. The van der Waals surface area contributed by atoms with E-state index in [4.69, 9.17) is 0 Å². The first-order valence-corrected chi connectivity index (χ1v) is 9.48. The third-order valence-electron chi connectivity index (χ3n) is 4.14. The molecule has 0 radical (unpaired) electrons. The van der Waals surface area contributed by atoms with E-state index in [1.807, 2.05) is 54.9 Å². The van der Waals surface area contributed by atoms with E-state index in [2.05, 4.69) is 9.71 Å². The fourth-order valence-electron chi connectivity index (χ4n) is 2.89. The van der Waals surface area contributed by atoms with Crippen LogP contribution in [-0.2, 0) is 17.1 Å². The van der Waals surface area contributed by atoms with Crippen LogP contribution in [0.1, 0.15) is 28.6 Å². The Morgan fingerprint density at radius 3 is 2.40 bits per heavy atom. The molecule has 1 N–H and O–H groups in total. The van der Waals surface area contributed by atoms with Gasteiger partial charge in [0.15, 0.2) is 0 Å². The molecule has 1 atom stereocenters. The molecule has 130 valence electrons. The van der Waals surface area contributed by atoms with Crippen molar-refractivity contribution in [3.63, 3.8) is 0 Å². The van der Waals surface area contributed by atoms with Crippen molar-refractivity contribution in [2.24, 2.45) is 7.05 Å². The summed E-state index contributed by atoms with van der Waals surface area (Å²) in [6.45, 7) is 3.75. The lowest BCUT2D eigenvalue weighted by Gasteiger charge is -2.20. The average Bonchev–Trinajstić information content (AvgIpc) is 2.99. The monoisotopic (exact) mass is 355 g/mol. The normalized spacial score (nSPS) is 12.9. The second-order valence-corrected chi connectivity index (χ2v) is 7.81. The van der Waals surface area contributed by atoms with E-state index >= 15 is 0 Å². The maximum absolute atomic E-state index is 13.0. The van der Waals surface area contributed by atoms with Gasteiger partial charge < -0.3 is 4.57 Å². The lowest BCUT2D eigenvalue weighted by atomic mass is 10.1. The minimum absolute atomic E-state index is 0.285. The Morgan fingerprint density at radius 2 is 1.80 bits per heavy atom. The minimum Gasteiger partial charge on any atom is -0.336 e. The van der Waals surface area contributed by atoms with Crippen LogP contribution in [0.5, 0.6) is 0 Å². The topological polar surface area (TPSA) is 64.0 Å². The first-order valence-electron chi connectivity index (χ1n) is 8.00. The number of benzene rings is 2. The number of hydrogen-bond donors (Lipinski definition) is 1.